The van der Waals surface area contributed by atoms with Gasteiger partial charge in [0.05, 0.1) is 17.7 Å². The van der Waals surface area contributed by atoms with Crippen molar-refractivity contribution < 1.29 is 14.3 Å². The minimum atomic E-state index is -0.166. The van der Waals surface area contributed by atoms with E-state index in [1.54, 1.807) is 18.2 Å². The maximum atomic E-state index is 12.4. The summed E-state index contributed by atoms with van der Waals surface area (Å²) in [6.07, 6.45) is 1.96. The lowest BCUT2D eigenvalue weighted by Crippen LogP contribution is -2.12. The van der Waals surface area contributed by atoms with Gasteiger partial charge in [-0.05, 0) is 77.2 Å². The Morgan fingerprint density at radius 1 is 1.08 bits per heavy atom. The molecule has 0 radical (unpaired) electrons. The summed E-state index contributed by atoms with van der Waals surface area (Å²) in [6.45, 7) is 7.74. The lowest BCUT2D eigenvalue weighted by Gasteiger charge is -2.11. The van der Waals surface area contributed by atoms with Crippen LogP contribution in [0, 0.1) is 5.92 Å². The van der Waals surface area contributed by atoms with Gasteiger partial charge < -0.3 is 14.8 Å². The highest BCUT2D eigenvalue weighted by Crippen LogP contribution is 2.26. The molecule has 1 amide bonds. The van der Waals surface area contributed by atoms with E-state index in [-0.39, 0.29) is 5.91 Å². The number of hydrogen-bond acceptors (Lipinski definition) is 3. The van der Waals surface area contributed by atoms with E-state index in [0.29, 0.717) is 24.7 Å². The minimum absolute atomic E-state index is 0.166. The van der Waals surface area contributed by atoms with Crippen LogP contribution < -0.4 is 14.8 Å². The predicted molar refractivity (Wildman–Crippen MR) is 109 cm³/mol. The molecule has 2 aromatic rings. The molecule has 2 rings (SSSR count). The Morgan fingerprint density at radius 2 is 1.81 bits per heavy atom. The van der Waals surface area contributed by atoms with Gasteiger partial charge in [0, 0.05) is 11.3 Å². The van der Waals surface area contributed by atoms with Gasteiger partial charge in [-0.2, -0.15) is 0 Å². The first-order valence-corrected chi connectivity index (χ1v) is 9.75. The van der Waals surface area contributed by atoms with Crippen LogP contribution >= 0.6 is 15.9 Å². The van der Waals surface area contributed by atoms with Crippen LogP contribution in [0.25, 0.3) is 0 Å². The van der Waals surface area contributed by atoms with E-state index < -0.39 is 0 Å². The molecule has 140 valence electrons. The summed E-state index contributed by atoms with van der Waals surface area (Å²) >= 11 is 3.45. The molecule has 0 aromatic heterocycles. The van der Waals surface area contributed by atoms with Crippen LogP contribution in [-0.2, 0) is 0 Å². The van der Waals surface area contributed by atoms with Gasteiger partial charge in [0.25, 0.3) is 5.91 Å². The standard InChI is InChI=1S/C21H26BrNO3/c1-4-12-26-20-10-5-16(14-19(20)22)21(24)23-17-6-8-18(9-7-17)25-13-11-15(2)3/h5-10,14-15H,4,11-13H2,1-3H3,(H,23,24). The Morgan fingerprint density at radius 3 is 2.42 bits per heavy atom. The molecule has 4 nitrogen and oxygen atoms in total. The number of hydrogen-bond donors (Lipinski definition) is 1. The normalized spacial score (nSPS) is 10.7. The van der Waals surface area contributed by atoms with Crippen LogP contribution in [0.2, 0.25) is 0 Å². The largest absolute Gasteiger partial charge is 0.494 e. The third-order valence-corrected chi connectivity index (χ3v) is 4.35. The van der Waals surface area contributed by atoms with Crippen molar-refractivity contribution in [1.82, 2.24) is 0 Å². The lowest BCUT2D eigenvalue weighted by atomic mass is 10.1. The van der Waals surface area contributed by atoms with Gasteiger partial charge in [0.2, 0.25) is 0 Å². The first-order valence-electron chi connectivity index (χ1n) is 8.96. The van der Waals surface area contributed by atoms with E-state index in [9.17, 15) is 4.79 Å². The van der Waals surface area contributed by atoms with Crippen LogP contribution in [0.15, 0.2) is 46.9 Å². The summed E-state index contributed by atoms with van der Waals surface area (Å²) in [6, 6.07) is 12.8. The highest BCUT2D eigenvalue weighted by Gasteiger charge is 2.10. The monoisotopic (exact) mass is 419 g/mol. The molecule has 0 saturated heterocycles. The van der Waals surface area contributed by atoms with Crippen LogP contribution in [-0.4, -0.2) is 19.1 Å². The number of carbonyl (C=O) groups excluding carboxylic acids is 1. The van der Waals surface area contributed by atoms with E-state index in [1.807, 2.05) is 24.3 Å². The highest BCUT2D eigenvalue weighted by atomic mass is 79.9. The molecule has 0 fully saturated rings. The van der Waals surface area contributed by atoms with Gasteiger partial charge in [-0.15, -0.1) is 0 Å². The van der Waals surface area contributed by atoms with Crippen molar-refractivity contribution in [3.63, 3.8) is 0 Å². The number of amides is 1. The second-order valence-corrected chi connectivity index (χ2v) is 7.36. The average Bonchev–Trinajstić information content (AvgIpc) is 2.62. The zero-order valence-corrected chi connectivity index (χ0v) is 17.1. The van der Waals surface area contributed by atoms with Crippen LogP contribution in [0.4, 0.5) is 5.69 Å². The van der Waals surface area contributed by atoms with Gasteiger partial charge in [-0.25, -0.2) is 0 Å². The summed E-state index contributed by atoms with van der Waals surface area (Å²) in [5, 5.41) is 2.89. The topological polar surface area (TPSA) is 47.6 Å². The average molecular weight is 420 g/mol. The van der Waals surface area contributed by atoms with Crippen LogP contribution in [0.1, 0.15) is 44.0 Å². The fourth-order valence-corrected chi connectivity index (χ4v) is 2.71. The fourth-order valence-electron chi connectivity index (χ4n) is 2.22. The molecule has 0 heterocycles. The smallest absolute Gasteiger partial charge is 0.255 e. The predicted octanol–water partition coefficient (Wildman–Crippen LogP) is 5.92. The molecular formula is C21H26BrNO3. The summed E-state index contributed by atoms with van der Waals surface area (Å²) in [5.74, 6) is 2.00. The number of anilines is 1. The number of ether oxygens (including phenoxy) is 2. The number of benzene rings is 2. The molecule has 2 aromatic carbocycles. The lowest BCUT2D eigenvalue weighted by molar-refractivity contribution is 0.102. The zero-order valence-electron chi connectivity index (χ0n) is 15.5. The van der Waals surface area contributed by atoms with Crippen LogP contribution in [0.3, 0.4) is 0 Å². The Bertz CT molecular complexity index is 714. The third kappa shape index (κ3) is 6.37. The van der Waals surface area contributed by atoms with Gasteiger partial charge in [0.1, 0.15) is 11.5 Å². The van der Waals surface area contributed by atoms with Gasteiger partial charge in [0.15, 0.2) is 0 Å². The van der Waals surface area contributed by atoms with E-state index >= 15 is 0 Å². The summed E-state index contributed by atoms with van der Waals surface area (Å²) in [5.41, 5.74) is 1.30. The first kappa shape index (κ1) is 20.3. The molecule has 0 aliphatic rings. The molecule has 0 spiro atoms. The Hall–Kier alpha value is -2.01. The van der Waals surface area contributed by atoms with Crippen LogP contribution in [0.5, 0.6) is 11.5 Å². The molecule has 0 atom stereocenters. The molecule has 0 aliphatic carbocycles. The number of nitrogens with one attached hydrogen (secondary N) is 1. The summed E-state index contributed by atoms with van der Waals surface area (Å²) in [7, 11) is 0. The number of rotatable bonds is 9. The fraction of sp³-hybridized carbons (Fsp3) is 0.381. The Kier molecular flexibility index (Phi) is 7.98. The molecule has 0 bridgehead atoms. The van der Waals surface area contributed by atoms with Crippen molar-refractivity contribution in [3.05, 3.63) is 52.5 Å². The summed E-state index contributed by atoms with van der Waals surface area (Å²) in [4.78, 5) is 12.4. The van der Waals surface area contributed by atoms with Crippen molar-refractivity contribution in [3.8, 4) is 11.5 Å². The highest BCUT2D eigenvalue weighted by molar-refractivity contribution is 9.10. The molecule has 0 aliphatic heterocycles. The van der Waals surface area contributed by atoms with Gasteiger partial charge >= 0.3 is 0 Å². The third-order valence-electron chi connectivity index (χ3n) is 3.73. The van der Waals surface area contributed by atoms with Gasteiger partial charge in [-0.1, -0.05) is 20.8 Å². The maximum Gasteiger partial charge on any atom is 0.255 e. The van der Waals surface area contributed by atoms with E-state index in [0.717, 1.165) is 34.5 Å². The molecule has 5 heteroatoms. The molecule has 1 N–H and O–H groups in total. The number of carbonyl (C=O) groups is 1. The minimum Gasteiger partial charge on any atom is -0.494 e. The molecular weight excluding hydrogens is 394 g/mol. The SMILES string of the molecule is CCCOc1ccc(C(=O)Nc2ccc(OCCC(C)C)cc2)cc1Br. The van der Waals surface area contributed by atoms with E-state index in [2.05, 4.69) is 42.0 Å². The van der Waals surface area contributed by atoms with Crippen molar-refractivity contribution in [1.29, 1.82) is 0 Å². The molecule has 0 unspecified atom stereocenters. The Labute approximate surface area is 164 Å². The van der Waals surface area contributed by atoms with Gasteiger partial charge in [-0.3, -0.25) is 4.79 Å². The first-order chi connectivity index (χ1) is 12.5. The maximum absolute atomic E-state index is 12.4. The second kappa shape index (κ2) is 10.2. The van der Waals surface area contributed by atoms with Crippen molar-refractivity contribution >= 4 is 27.5 Å². The quantitative estimate of drug-likeness (QED) is 0.548. The second-order valence-electron chi connectivity index (χ2n) is 6.50. The van der Waals surface area contributed by atoms with Crippen molar-refractivity contribution in [2.75, 3.05) is 18.5 Å². The number of halogens is 1. The van der Waals surface area contributed by atoms with E-state index in [4.69, 9.17) is 9.47 Å². The molecule has 26 heavy (non-hydrogen) atoms. The zero-order chi connectivity index (χ0) is 18.9. The van der Waals surface area contributed by atoms with E-state index in [1.165, 1.54) is 0 Å². The Balaban J connectivity index is 1.93. The summed E-state index contributed by atoms with van der Waals surface area (Å²) < 4.78 is 12.1. The van der Waals surface area contributed by atoms with Crippen molar-refractivity contribution in [2.45, 2.75) is 33.6 Å². The molecule has 0 saturated carbocycles. The van der Waals surface area contributed by atoms with Crippen molar-refractivity contribution in [2.24, 2.45) is 5.92 Å².